The topological polar surface area (TPSA) is 18.5 Å². The SMILES string of the molecule is CNCC1CN(C)C(C)(C)CCN1C. The summed E-state index contributed by atoms with van der Waals surface area (Å²) in [5.41, 5.74) is 0.344. The molecule has 0 amide bonds. The van der Waals surface area contributed by atoms with Gasteiger partial charge in [-0.1, -0.05) is 0 Å². The van der Waals surface area contributed by atoms with Gasteiger partial charge in [-0.05, 0) is 48.0 Å². The van der Waals surface area contributed by atoms with Crippen molar-refractivity contribution in [3.63, 3.8) is 0 Å². The largest absolute Gasteiger partial charge is 0.318 e. The van der Waals surface area contributed by atoms with Gasteiger partial charge in [0.25, 0.3) is 0 Å². The molecule has 0 aliphatic carbocycles. The molecule has 1 N–H and O–H groups in total. The van der Waals surface area contributed by atoms with E-state index in [0.717, 1.165) is 13.1 Å². The van der Waals surface area contributed by atoms with Crippen LogP contribution >= 0.6 is 0 Å². The maximum Gasteiger partial charge on any atom is 0.0344 e. The summed E-state index contributed by atoms with van der Waals surface area (Å²) in [6, 6.07) is 0.645. The normalized spacial score (nSPS) is 30.2. The maximum absolute atomic E-state index is 3.28. The molecular formula is C11H25N3. The fourth-order valence-electron chi connectivity index (χ4n) is 1.98. The Labute approximate surface area is 88.5 Å². The lowest BCUT2D eigenvalue weighted by molar-refractivity contribution is 0.150. The van der Waals surface area contributed by atoms with Gasteiger partial charge in [0.1, 0.15) is 0 Å². The summed E-state index contributed by atoms with van der Waals surface area (Å²) in [6.07, 6.45) is 1.25. The summed E-state index contributed by atoms with van der Waals surface area (Å²) >= 11 is 0. The van der Waals surface area contributed by atoms with E-state index in [4.69, 9.17) is 0 Å². The van der Waals surface area contributed by atoms with Crippen LogP contribution in [0.2, 0.25) is 0 Å². The molecule has 1 rings (SSSR count). The first kappa shape index (κ1) is 12.0. The van der Waals surface area contributed by atoms with Crippen LogP contribution in [0.5, 0.6) is 0 Å². The van der Waals surface area contributed by atoms with E-state index in [0.29, 0.717) is 11.6 Å². The average Bonchev–Trinajstić information content (AvgIpc) is 2.20. The first-order chi connectivity index (χ1) is 6.47. The van der Waals surface area contributed by atoms with Crippen molar-refractivity contribution in [3.8, 4) is 0 Å². The van der Waals surface area contributed by atoms with Crippen LogP contribution in [0.3, 0.4) is 0 Å². The van der Waals surface area contributed by atoms with Crippen LogP contribution in [0.1, 0.15) is 20.3 Å². The zero-order chi connectivity index (χ0) is 10.8. The summed E-state index contributed by atoms with van der Waals surface area (Å²) in [5, 5.41) is 3.28. The van der Waals surface area contributed by atoms with Gasteiger partial charge in [-0.15, -0.1) is 0 Å². The third-order valence-corrected chi connectivity index (χ3v) is 3.66. The maximum atomic E-state index is 3.28. The van der Waals surface area contributed by atoms with Gasteiger partial charge in [-0.25, -0.2) is 0 Å². The molecule has 0 bridgehead atoms. The van der Waals surface area contributed by atoms with Crippen LogP contribution in [-0.4, -0.2) is 62.2 Å². The Hall–Kier alpha value is -0.120. The highest BCUT2D eigenvalue weighted by Gasteiger charge is 2.30. The standard InChI is InChI=1S/C11H25N3/c1-11(2)6-7-13(4)10(8-12-3)9-14(11)5/h10,12H,6-9H2,1-5H3. The van der Waals surface area contributed by atoms with Crippen molar-refractivity contribution in [1.29, 1.82) is 0 Å². The van der Waals surface area contributed by atoms with E-state index in [1.807, 2.05) is 7.05 Å². The lowest BCUT2D eigenvalue weighted by Crippen LogP contribution is -2.47. The number of hydrogen-bond donors (Lipinski definition) is 1. The van der Waals surface area contributed by atoms with Gasteiger partial charge in [-0.2, -0.15) is 0 Å². The molecule has 1 heterocycles. The predicted molar refractivity (Wildman–Crippen MR) is 61.7 cm³/mol. The molecule has 0 aromatic rings. The summed E-state index contributed by atoms with van der Waals surface area (Å²) in [6.45, 7) is 8.11. The summed E-state index contributed by atoms with van der Waals surface area (Å²) in [5.74, 6) is 0. The zero-order valence-electron chi connectivity index (χ0n) is 10.3. The van der Waals surface area contributed by atoms with Gasteiger partial charge in [-0.3, -0.25) is 4.90 Å². The lowest BCUT2D eigenvalue weighted by Gasteiger charge is -2.34. The summed E-state index contributed by atoms with van der Waals surface area (Å²) in [7, 11) is 6.50. The van der Waals surface area contributed by atoms with Crippen molar-refractivity contribution < 1.29 is 0 Å². The minimum absolute atomic E-state index is 0.344. The minimum atomic E-state index is 0.344. The second kappa shape index (κ2) is 4.60. The molecule has 1 fully saturated rings. The Bertz CT molecular complexity index is 179. The quantitative estimate of drug-likeness (QED) is 0.703. The minimum Gasteiger partial charge on any atom is -0.318 e. The van der Waals surface area contributed by atoms with Crippen molar-refractivity contribution >= 4 is 0 Å². The van der Waals surface area contributed by atoms with E-state index in [9.17, 15) is 0 Å². The third kappa shape index (κ3) is 2.69. The van der Waals surface area contributed by atoms with Crippen LogP contribution in [-0.2, 0) is 0 Å². The van der Waals surface area contributed by atoms with Gasteiger partial charge in [0.2, 0.25) is 0 Å². The number of likely N-dealkylation sites (N-methyl/N-ethyl adjacent to an activating group) is 3. The molecular weight excluding hydrogens is 174 g/mol. The lowest BCUT2D eigenvalue weighted by atomic mass is 9.99. The van der Waals surface area contributed by atoms with Crippen molar-refractivity contribution in [2.45, 2.75) is 31.8 Å². The van der Waals surface area contributed by atoms with E-state index in [1.54, 1.807) is 0 Å². The van der Waals surface area contributed by atoms with E-state index >= 15 is 0 Å². The van der Waals surface area contributed by atoms with Crippen LogP contribution in [0.15, 0.2) is 0 Å². The molecule has 0 aromatic carbocycles. The second-order valence-corrected chi connectivity index (χ2v) is 5.14. The van der Waals surface area contributed by atoms with E-state index in [1.165, 1.54) is 13.0 Å². The Morgan fingerprint density at radius 1 is 1.36 bits per heavy atom. The molecule has 1 saturated heterocycles. The van der Waals surface area contributed by atoms with Crippen molar-refractivity contribution in [1.82, 2.24) is 15.1 Å². The average molecular weight is 199 g/mol. The molecule has 1 aliphatic heterocycles. The van der Waals surface area contributed by atoms with Crippen LogP contribution < -0.4 is 5.32 Å². The Morgan fingerprint density at radius 2 is 2.00 bits per heavy atom. The number of hydrogen-bond acceptors (Lipinski definition) is 3. The monoisotopic (exact) mass is 199 g/mol. The molecule has 0 saturated carbocycles. The highest BCUT2D eigenvalue weighted by Crippen LogP contribution is 2.22. The van der Waals surface area contributed by atoms with E-state index < -0.39 is 0 Å². The van der Waals surface area contributed by atoms with Gasteiger partial charge >= 0.3 is 0 Å². The highest BCUT2D eigenvalue weighted by molar-refractivity contribution is 4.88. The van der Waals surface area contributed by atoms with Gasteiger partial charge in [0.15, 0.2) is 0 Å². The molecule has 0 aromatic heterocycles. The molecule has 1 unspecified atom stereocenters. The number of rotatable bonds is 2. The fraction of sp³-hybridized carbons (Fsp3) is 1.00. The van der Waals surface area contributed by atoms with Crippen molar-refractivity contribution in [3.05, 3.63) is 0 Å². The first-order valence-electron chi connectivity index (χ1n) is 5.53. The van der Waals surface area contributed by atoms with E-state index in [2.05, 4.69) is 43.1 Å². The van der Waals surface area contributed by atoms with Crippen molar-refractivity contribution in [2.24, 2.45) is 0 Å². The fourth-order valence-corrected chi connectivity index (χ4v) is 1.98. The Morgan fingerprint density at radius 3 is 2.57 bits per heavy atom. The molecule has 84 valence electrons. The zero-order valence-corrected chi connectivity index (χ0v) is 10.3. The van der Waals surface area contributed by atoms with Gasteiger partial charge < -0.3 is 10.2 Å². The Balaban J connectivity index is 2.64. The molecule has 14 heavy (non-hydrogen) atoms. The Kier molecular flexibility index (Phi) is 3.93. The molecule has 0 radical (unpaired) electrons. The van der Waals surface area contributed by atoms with Gasteiger partial charge in [0.05, 0.1) is 0 Å². The number of nitrogens with one attached hydrogen (secondary N) is 1. The predicted octanol–water partition coefficient (Wildman–Crippen LogP) is 0.620. The summed E-state index contributed by atoms with van der Waals surface area (Å²) < 4.78 is 0. The second-order valence-electron chi connectivity index (χ2n) is 5.14. The molecule has 1 atom stereocenters. The molecule has 0 spiro atoms. The van der Waals surface area contributed by atoms with Crippen LogP contribution in [0.4, 0.5) is 0 Å². The number of nitrogens with zero attached hydrogens (tertiary/aromatic N) is 2. The van der Waals surface area contributed by atoms with Crippen LogP contribution in [0, 0.1) is 0 Å². The van der Waals surface area contributed by atoms with E-state index in [-0.39, 0.29) is 0 Å². The highest BCUT2D eigenvalue weighted by atomic mass is 15.3. The summed E-state index contributed by atoms with van der Waals surface area (Å²) in [4.78, 5) is 4.96. The van der Waals surface area contributed by atoms with Crippen LogP contribution in [0.25, 0.3) is 0 Å². The third-order valence-electron chi connectivity index (χ3n) is 3.66. The van der Waals surface area contributed by atoms with Crippen molar-refractivity contribution in [2.75, 3.05) is 40.8 Å². The smallest absolute Gasteiger partial charge is 0.0344 e. The van der Waals surface area contributed by atoms with Gasteiger partial charge in [0, 0.05) is 24.7 Å². The molecule has 3 heteroatoms. The molecule has 1 aliphatic rings. The first-order valence-corrected chi connectivity index (χ1v) is 5.53. The molecule has 3 nitrogen and oxygen atoms in total.